The number of carbonyl (C=O) groups is 3. The summed E-state index contributed by atoms with van der Waals surface area (Å²) in [7, 11) is 1.61. The fraction of sp³-hybridized carbons (Fsp3) is 0.333. The molecule has 2 amide bonds. The third-order valence-corrected chi connectivity index (χ3v) is 6.76. The van der Waals surface area contributed by atoms with E-state index >= 15 is 0 Å². The van der Waals surface area contributed by atoms with Gasteiger partial charge in [-0.1, -0.05) is 37.1 Å². The Labute approximate surface area is 222 Å². The molecule has 38 heavy (non-hydrogen) atoms. The zero-order chi connectivity index (χ0) is 27.1. The van der Waals surface area contributed by atoms with Crippen molar-refractivity contribution in [2.24, 2.45) is 0 Å². The van der Waals surface area contributed by atoms with Crippen LogP contribution in [0, 0.1) is 6.92 Å². The number of Topliss-reactive ketones (excluding diaryl/α,β-unsaturated/α-hetero) is 1. The van der Waals surface area contributed by atoms with Crippen LogP contribution >= 0.6 is 0 Å². The quantitative estimate of drug-likeness (QED) is 0.224. The number of nitrogens with zero attached hydrogens (tertiary/aromatic N) is 1. The van der Waals surface area contributed by atoms with Crippen LogP contribution in [0.15, 0.2) is 54.9 Å². The summed E-state index contributed by atoms with van der Waals surface area (Å²) >= 11 is 0. The van der Waals surface area contributed by atoms with Gasteiger partial charge in [0.2, 0.25) is 11.8 Å². The van der Waals surface area contributed by atoms with E-state index in [1.807, 2.05) is 49.4 Å². The highest BCUT2D eigenvalue weighted by atomic mass is 16.5. The summed E-state index contributed by atoms with van der Waals surface area (Å²) in [6.07, 6.45) is 6.76. The number of carbonyl (C=O) groups excluding carboxylic acids is 3. The molecule has 0 spiro atoms. The van der Waals surface area contributed by atoms with Crippen LogP contribution in [0.5, 0.6) is 5.75 Å². The summed E-state index contributed by atoms with van der Waals surface area (Å²) in [6, 6.07) is 12.7. The highest BCUT2D eigenvalue weighted by molar-refractivity contribution is 6.04. The summed E-state index contributed by atoms with van der Waals surface area (Å²) in [4.78, 5) is 45.5. The summed E-state index contributed by atoms with van der Waals surface area (Å²) in [5.41, 5.74) is 3.29. The number of pyridine rings is 1. The topological polar surface area (TPSA) is 113 Å². The minimum atomic E-state index is -0.723. The smallest absolute Gasteiger partial charge is 0.247 e. The van der Waals surface area contributed by atoms with Gasteiger partial charge in [-0.05, 0) is 50.5 Å². The van der Waals surface area contributed by atoms with Gasteiger partial charge in [0.15, 0.2) is 0 Å². The monoisotopic (exact) mass is 514 g/mol. The Balaban J connectivity index is 1.50. The maximum absolute atomic E-state index is 13.4. The second-order valence-corrected chi connectivity index (χ2v) is 9.64. The van der Waals surface area contributed by atoms with Crippen molar-refractivity contribution in [3.8, 4) is 5.75 Å². The molecule has 2 aromatic heterocycles. The number of hydrogen-bond acceptors (Lipinski definition) is 5. The number of anilines is 1. The molecule has 0 unspecified atom stereocenters. The highest BCUT2D eigenvalue weighted by Crippen LogP contribution is 2.27. The maximum Gasteiger partial charge on any atom is 0.247 e. The van der Waals surface area contributed by atoms with Gasteiger partial charge in [0.1, 0.15) is 17.6 Å². The number of ether oxygens (including phenoxy) is 1. The molecular formula is C30H34N4O4. The van der Waals surface area contributed by atoms with Crippen LogP contribution in [-0.2, 0) is 20.8 Å². The van der Waals surface area contributed by atoms with Crippen molar-refractivity contribution in [2.45, 2.75) is 58.4 Å². The zero-order valence-electron chi connectivity index (χ0n) is 22.1. The first-order chi connectivity index (χ1) is 18.4. The van der Waals surface area contributed by atoms with Crippen molar-refractivity contribution in [2.75, 3.05) is 12.4 Å². The molecule has 0 bridgehead atoms. The molecule has 2 aromatic carbocycles. The van der Waals surface area contributed by atoms with Gasteiger partial charge >= 0.3 is 0 Å². The standard InChI is InChI=1S/C30H34N4O4/c1-19(35)9-5-4-6-12-27(30(37)34-28-18-31-17-21-10-7-8-11-23(21)28)33-29(36)16-24-20(2)32-26-14-13-22(38-3)15-25(24)26/h7-8,10-11,13-15,17-18,27,32H,4-6,9,12,16H2,1-3H3,(H,33,36)(H,34,37)/t27-/m0/s1. The van der Waals surface area contributed by atoms with E-state index in [9.17, 15) is 14.4 Å². The van der Waals surface area contributed by atoms with Gasteiger partial charge in [0, 0.05) is 40.0 Å². The number of benzene rings is 2. The Morgan fingerprint density at radius 2 is 1.84 bits per heavy atom. The summed E-state index contributed by atoms with van der Waals surface area (Å²) < 4.78 is 5.36. The summed E-state index contributed by atoms with van der Waals surface area (Å²) in [5.74, 6) is 0.337. The Hall–Kier alpha value is -4.20. The second kappa shape index (κ2) is 12.4. The van der Waals surface area contributed by atoms with E-state index in [1.165, 1.54) is 0 Å². The van der Waals surface area contributed by atoms with Crippen molar-refractivity contribution in [3.05, 3.63) is 66.1 Å². The van der Waals surface area contributed by atoms with Gasteiger partial charge < -0.3 is 25.1 Å². The lowest BCUT2D eigenvalue weighted by molar-refractivity contribution is -0.126. The van der Waals surface area contributed by atoms with Crippen LogP contribution in [0.4, 0.5) is 5.69 Å². The van der Waals surface area contributed by atoms with Crippen molar-refractivity contribution in [1.29, 1.82) is 0 Å². The van der Waals surface area contributed by atoms with Gasteiger partial charge in [-0.3, -0.25) is 14.6 Å². The number of amides is 2. The molecule has 0 saturated carbocycles. The SMILES string of the molecule is COc1ccc2[nH]c(C)c(CC(=O)N[C@@H](CCCCCC(C)=O)C(=O)Nc3cncc4ccccc34)c2c1. The first-order valence-corrected chi connectivity index (χ1v) is 12.9. The van der Waals surface area contributed by atoms with Crippen LogP contribution in [0.2, 0.25) is 0 Å². The van der Waals surface area contributed by atoms with Crippen molar-refractivity contribution >= 4 is 45.0 Å². The first kappa shape index (κ1) is 26.9. The molecule has 1 atom stereocenters. The van der Waals surface area contributed by atoms with E-state index < -0.39 is 6.04 Å². The van der Waals surface area contributed by atoms with Gasteiger partial charge in [-0.25, -0.2) is 0 Å². The Kier molecular flexibility index (Phi) is 8.73. The van der Waals surface area contributed by atoms with Crippen molar-refractivity contribution in [1.82, 2.24) is 15.3 Å². The minimum absolute atomic E-state index is 0.128. The summed E-state index contributed by atoms with van der Waals surface area (Å²) in [6.45, 7) is 3.51. The molecule has 0 aliphatic carbocycles. The number of hydrogen-bond donors (Lipinski definition) is 3. The number of fused-ring (bicyclic) bond motifs is 2. The largest absolute Gasteiger partial charge is 0.497 e. The molecule has 8 heteroatoms. The van der Waals surface area contributed by atoms with Crippen molar-refractivity contribution in [3.63, 3.8) is 0 Å². The van der Waals surface area contributed by atoms with Crippen LogP contribution in [-0.4, -0.2) is 40.7 Å². The molecule has 198 valence electrons. The molecule has 8 nitrogen and oxygen atoms in total. The number of aryl methyl sites for hydroxylation is 1. The third-order valence-electron chi connectivity index (χ3n) is 6.76. The minimum Gasteiger partial charge on any atom is -0.497 e. The molecule has 0 aliphatic heterocycles. The van der Waals surface area contributed by atoms with Crippen LogP contribution in [0.3, 0.4) is 0 Å². The van der Waals surface area contributed by atoms with Crippen LogP contribution in [0.25, 0.3) is 21.7 Å². The van der Waals surface area contributed by atoms with E-state index in [4.69, 9.17) is 4.74 Å². The molecule has 2 heterocycles. The number of aromatic nitrogens is 2. The van der Waals surface area contributed by atoms with E-state index in [0.717, 1.165) is 45.8 Å². The predicted molar refractivity (Wildman–Crippen MR) is 149 cm³/mol. The lowest BCUT2D eigenvalue weighted by Crippen LogP contribution is -2.44. The Morgan fingerprint density at radius 3 is 2.63 bits per heavy atom. The second-order valence-electron chi connectivity index (χ2n) is 9.64. The Morgan fingerprint density at radius 1 is 1.03 bits per heavy atom. The molecule has 0 aliphatic rings. The molecule has 0 fully saturated rings. The van der Waals surface area contributed by atoms with Gasteiger partial charge in [-0.2, -0.15) is 0 Å². The van der Waals surface area contributed by atoms with Gasteiger partial charge in [-0.15, -0.1) is 0 Å². The highest BCUT2D eigenvalue weighted by Gasteiger charge is 2.23. The van der Waals surface area contributed by atoms with Crippen molar-refractivity contribution < 1.29 is 19.1 Å². The lowest BCUT2D eigenvalue weighted by atomic mass is 10.0. The molecule has 0 saturated heterocycles. The first-order valence-electron chi connectivity index (χ1n) is 12.9. The number of aromatic amines is 1. The fourth-order valence-corrected chi connectivity index (χ4v) is 4.73. The van der Waals surface area contributed by atoms with E-state index in [0.29, 0.717) is 30.7 Å². The molecular weight excluding hydrogens is 480 g/mol. The third kappa shape index (κ3) is 6.56. The molecule has 4 aromatic rings. The Bertz CT molecular complexity index is 1450. The average molecular weight is 515 g/mol. The number of H-pyrrole nitrogens is 1. The van der Waals surface area contributed by atoms with Gasteiger partial charge in [0.05, 0.1) is 25.4 Å². The number of nitrogens with one attached hydrogen (secondary N) is 3. The van der Waals surface area contributed by atoms with E-state index in [1.54, 1.807) is 26.4 Å². The fourth-order valence-electron chi connectivity index (χ4n) is 4.73. The number of ketones is 1. The van der Waals surface area contributed by atoms with Gasteiger partial charge in [0.25, 0.3) is 0 Å². The number of methoxy groups -OCH3 is 1. The van der Waals surface area contributed by atoms with Crippen LogP contribution < -0.4 is 15.4 Å². The number of unbranched alkanes of at least 4 members (excludes halogenated alkanes) is 2. The lowest BCUT2D eigenvalue weighted by Gasteiger charge is -2.19. The molecule has 3 N–H and O–H groups in total. The van der Waals surface area contributed by atoms with E-state index in [2.05, 4.69) is 20.6 Å². The number of rotatable bonds is 12. The average Bonchev–Trinajstić information content (AvgIpc) is 3.21. The van der Waals surface area contributed by atoms with Crippen LogP contribution in [0.1, 0.15) is 50.3 Å². The van der Waals surface area contributed by atoms with E-state index in [-0.39, 0.29) is 24.0 Å². The maximum atomic E-state index is 13.4. The normalized spacial score (nSPS) is 11.9. The molecule has 4 rings (SSSR count). The zero-order valence-corrected chi connectivity index (χ0v) is 22.1. The molecule has 0 radical (unpaired) electrons. The summed E-state index contributed by atoms with van der Waals surface area (Å²) in [5, 5.41) is 8.65. The predicted octanol–water partition coefficient (Wildman–Crippen LogP) is 5.24.